The molecule has 0 spiro atoms. The third-order valence-corrected chi connectivity index (χ3v) is 2.71. The molecule has 0 unspecified atom stereocenters. The smallest absolute Gasteiger partial charge is 0.337 e. The lowest BCUT2D eigenvalue weighted by molar-refractivity contribution is -0.268. The van der Waals surface area contributed by atoms with E-state index >= 15 is 0 Å². The summed E-state index contributed by atoms with van der Waals surface area (Å²) in [6.07, 6.45) is 0. The molecule has 0 atom stereocenters. The zero-order valence-electron chi connectivity index (χ0n) is 9.60. The van der Waals surface area contributed by atoms with Gasteiger partial charge in [-0.1, -0.05) is 12.1 Å². The van der Waals surface area contributed by atoms with Crippen molar-refractivity contribution in [3.05, 3.63) is 47.3 Å². The van der Waals surface area contributed by atoms with Crippen LogP contribution < -0.4 is 5.11 Å². The summed E-state index contributed by atoms with van der Waals surface area (Å²) >= 11 is 0. The van der Waals surface area contributed by atoms with Gasteiger partial charge in [0.25, 0.3) is 0 Å². The van der Waals surface area contributed by atoms with Gasteiger partial charge in [-0.15, -0.1) is 5.75 Å². The number of rotatable bonds is 2. The van der Waals surface area contributed by atoms with Gasteiger partial charge in [0.2, 0.25) is 0 Å². The molecule has 0 saturated heterocycles. The molecule has 0 fully saturated rings. The maximum Gasteiger partial charge on any atom is 0.337 e. The summed E-state index contributed by atoms with van der Waals surface area (Å²) in [6, 6.07) is 7.89. The van der Waals surface area contributed by atoms with Crippen molar-refractivity contribution in [3.63, 3.8) is 0 Å². The van der Waals surface area contributed by atoms with Gasteiger partial charge in [0, 0.05) is 11.4 Å². The number of aryl methyl sites for hydroxylation is 2. The number of nitrogens with zero attached hydrogens (tertiary/aromatic N) is 1. The summed E-state index contributed by atoms with van der Waals surface area (Å²) in [5.74, 6) is -1.39. The maximum absolute atomic E-state index is 11.2. The molecule has 1 N–H and O–H groups in total. The van der Waals surface area contributed by atoms with Crippen molar-refractivity contribution in [1.82, 2.24) is 4.57 Å². The predicted molar refractivity (Wildman–Crippen MR) is 61.6 cm³/mol. The van der Waals surface area contributed by atoms with E-state index in [1.807, 2.05) is 30.5 Å². The van der Waals surface area contributed by atoms with Crippen LogP contribution in [-0.2, 0) is 0 Å². The molecule has 2 aromatic rings. The lowest BCUT2D eigenvalue weighted by atomic mass is 10.1. The Hall–Kier alpha value is -2.23. The van der Waals surface area contributed by atoms with Crippen molar-refractivity contribution in [2.45, 2.75) is 13.8 Å². The van der Waals surface area contributed by atoms with E-state index in [1.165, 1.54) is 6.07 Å². The van der Waals surface area contributed by atoms with Crippen molar-refractivity contribution in [2.75, 3.05) is 0 Å². The lowest BCUT2D eigenvalue weighted by Crippen LogP contribution is -2.08. The number of carboxylic acids is 1. The Balaban J connectivity index is 2.71. The number of carbonyl (C=O) groups is 1. The van der Waals surface area contributed by atoms with Crippen molar-refractivity contribution >= 4 is 5.97 Å². The lowest BCUT2D eigenvalue weighted by Gasteiger charge is -2.15. The molecule has 0 bridgehead atoms. The number of aromatic nitrogens is 1. The van der Waals surface area contributed by atoms with Crippen LogP contribution in [0.1, 0.15) is 21.7 Å². The molecule has 17 heavy (non-hydrogen) atoms. The highest BCUT2D eigenvalue weighted by molar-refractivity contribution is 5.92. The molecular weight excluding hydrogens is 218 g/mol. The van der Waals surface area contributed by atoms with E-state index in [0.29, 0.717) is 5.69 Å². The van der Waals surface area contributed by atoms with Crippen molar-refractivity contribution in [2.24, 2.45) is 0 Å². The molecule has 1 heterocycles. The van der Waals surface area contributed by atoms with Gasteiger partial charge >= 0.3 is 5.97 Å². The molecular formula is C13H12NO3-. The average molecular weight is 230 g/mol. The van der Waals surface area contributed by atoms with Crippen LogP contribution in [-0.4, -0.2) is 15.6 Å². The highest BCUT2D eigenvalue weighted by atomic mass is 16.4. The van der Waals surface area contributed by atoms with Crippen LogP contribution in [0.3, 0.4) is 0 Å². The standard InChI is InChI=1S/C13H13NO3/c1-8-3-4-9(2)14(8)12-6-5-10(15)7-11(12)13(16)17/h3-7,15H,1-2H3,(H,16,17)/p-1. The first-order chi connectivity index (χ1) is 8.00. The number of hydrogen-bond donors (Lipinski definition) is 1. The third kappa shape index (κ3) is 1.89. The van der Waals surface area contributed by atoms with E-state index in [2.05, 4.69) is 0 Å². The molecule has 0 amide bonds. The van der Waals surface area contributed by atoms with Gasteiger partial charge < -0.3 is 14.8 Å². The first-order valence-corrected chi connectivity index (χ1v) is 5.20. The third-order valence-electron chi connectivity index (χ3n) is 2.71. The van der Waals surface area contributed by atoms with Gasteiger partial charge in [-0.2, -0.15) is 0 Å². The molecule has 0 radical (unpaired) electrons. The van der Waals surface area contributed by atoms with E-state index in [-0.39, 0.29) is 11.3 Å². The van der Waals surface area contributed by atoms with Crippen molar-refractivity contribution in [3.8, 4) is 11.4 Å². The Kier molecular flexibility index (Phi) is 2.63. The molecule has 0 aliphatic heterocycles. The zero-order chi connectivity index (χ0) is 12.6. The first-order valence-electron chi connectivity index (χ1n) is 5.20. The zero-order valence-corrected chi connectivity index (χ0v) is 9.60. The SMILES string of the molecule is Cc1ccc(C)n1-c1ccc([O-])cc1C(=O)O. The minimum absolute atomic E-state index is 0.0277. The molecule has 0 aliphatic carbocycles. The number of aromatic carboxylic acids is 1. The van der Waals surface area contributed by atoms with Crippen molar-refractivity contribution in [1.29, 1.82) is 0 Å². The van der Waals surface area contributed by atoms with Gasteiger partial charge in [-0.05, 0) is 32.0 Å². The molecule has 0 aliphatic rings. The van der Waals surface area contributed by atoms with Crippen LogP contribution in [0.4, 0.5) is 0 Å². The molecule has 1 aromatic heterocycles. The fourth-order valence-corrected chi connectivity index (χ4v) is 1.93. The molecule has 2 rings (SSSR count). The fraction of sp³-hybridized carbons (Fsp3) is 0.154. The quantitative estimate of drug-likeness (QED) is 0.856. The van der Waals surface area contributed by atoms with Gasteiger partial charge in [0.05, 0.1) is 11.3 Å². The molecule has 88 valence electrons. The minimum Gasteiger partial charge on any atom is -0.872 e. The highest BCUT2D eigenvalue weighted by Gasteiger charge is 2.13. The second kappa shape index (κ2) is 3.97. The van der Waals surface area contributed by atoms with E-state index in [0.717, 1.165) is 17.5 Å². The van der Waals surface area contributed by atoms with E-state index < -0.39 is 5.97 Å². The highest BCUT2D eigenvalue weighted by Crippen LogP contribution is 2.22. The molecule has 0 saturated carbocycles. The monoisotopic (exact) mass is 230 g/mol. The average Bonchev–Trinajstić information content (AvgIpc) is 2.59. The van der Waals surface area contributed by atoms with Gasteiger partial charge in [-0.3, -0.25) is 0 Å². The summed E-state index contributed by atoms with van der Waals surface area (Å²) < 4.78 is 1.82. The molecule has 1 aromatic carbocycles. The fourth-order valence-electron chi connectivity index (χ4n) is 1.93. The van der Waals surface area contributed by atoms with E-state index in [9.17, 15) is 9.90 Å². The Morgan fingerprint density at radius 1 is 1.18 bits per heavy atom. The first kappa shape index (κ1) is 11.3. The second-order valence-corrected chi connectivity index (χ2v) is 3.94. The summed E-state index contributed by atoms with van der Waals surface area (Å²) in [4.78, 5) is 11.1. The normalized spacial score (nSPS) is 10.5. The summed E-state index contributed by atoms with van der Waals surface area (Å²) in [6.45, 7) is 3.79. The van der Waals surface area contributed by atoms with E-state index in [4.69, 9.17) is 5.11 Å². The number of benzene rings is 1. The predicted octanol–water partition coefficient (Wildman–Crippen LogP) is 1.87. The number of carboxylic acid groups (broad SMARTS) is 1. The maximum atomic E-state index is 11.2. The largest absolute Gasteiger partial charge is 0.872 e. The second-order valence-electron chi connectivity index (χ2n) is 3.94. The minimum atomic E-state index is -1.09. The van der Waals surface area contributed by atoms with Gasteiger partial charge in [-0.25, -0.2) is 4.79 Å². The number of hydrogen-bond acceptors (Lipinski definition) is 2. The van der Waals surface area contributed by atoms with Gasteiger partial charge in [0.1, 0.15) is 0 Å². The summed E-state index contributed by atoms with van der Waals surface area (Å²) in [5, 5.41) is 20.3. The Morgan fingerprint density at radius 3 is 2.29 bits per heavy atom. The van der Waals surface area contributed by atoms with Crippen LogP contribution >= 0.6 is 0 Å². The topological polar surface area (TPSA) is 65.3 Å². The molecule has 4 nitrogen and oxygen atoms in total. The summed E-state index contributed by atoms with van der Waals surface area (Å²) in [5.41, 5.74) is 2.42. The van der Waals surface area contributed by atoms with Crippen LogP contribution in [0.25, 0.3) is 5.69 Å². The van der Waals surface area contributed by atoms with Crippen LogP contribution in [0.5, 0.6) is 5.75 Å². The summed E-state index contributed by atoms with van der Waals surface area (Å²) in [7, 11) is 0. The van der Waals surface area contributed by atoms with Crippen LogP contribution in [0, 0.1) is 13.8 Å². The Morgan fingerprint density at radius 2 is 1.76 bits per heavy atom. The van der Waals surface area contributed by atoms with Crippen LogP contribution in [0.15, 0.2) is 30.3 Å². The Bertz CT molecular complexity index is 565. The van der Waals surface area contributed by atoms with E-state index in [1.54, 1.807) is 6.07 Å². The van der Waals surface area contributed by atoms with Gasteiger partial charge in [0.15, 0.2) is 0 Å². The molecule has 4 heteroatoms. The Labute approximate surface area is 98.8 Å². The van der Waals surface area contributed by atoms with Crippen molar-refractivity contribution < 1.29 is 15.0 Å². The van der Waals surface area contributed by atoms with Crippen LogP contribution in [0.2, 0.25) is 0 Å².